The van der Waals surface area contributed by atoms with Crippen LogP contribution in [0.1, 0.15) is 19.9 Å². The average molecular weight is 356 g/mol. The Morgan fingerprint density at radius 1 is 1.04 bits per heavy atom. The minimum absolute atomic E-state index is 0.214. The number of benzene rings is 2. The summed E-state index contributed by atoms with van der Waals surface area (Å²) < 4.78 is 7.40. The van der Waals surface area contributed by atoms with Crippen LogP contribution >= 0.6 is 0 Å². The molecule has 0 aliphatic carbocycles. The van der Waals surface area contributed by atoms with Gasteiger partial charge in [0.05, 0.1) is 5.52 Å². The monoisotopic (exact) mass is 356 g/mol. The highest BCUT2D eigenvalue weighted by Gasteiger charge is 2.16. The summed E-state index contributed by atoms with van der Waals surface area (Å²) in [7, 11) is 0. The second-order valence-corrected chi connectivity index (χ2v) is 6.64. The third kappa shape index (κ3) is 2.55. The summed E-state index contributed by atoms with van der Waals surface area (Å²) in [6.07, 6.45) is 1.75. The highest BCUT2D eigenvalue weighted by atomic mass is 16.5. The number of hydrogen-bond donors (Lipinski definition) is 0. The lowest BCUT2D eigenvalue weighted by Crippen LogP contribution is -2.02. The Hall–Kier alpha value is -3.61. The van der Waals surface area contributed by atoms with Crippen LogP contribution in [0, 0.1) is 0 Å². The van der Waals surface area contributed by atoms with Crippen LogP contribution in [0.5, 0.6) is 0 Å². The van der Waals surface area contributed by atoms with Crippen LogP contribution in [-0.2, 0) is 0 Å². The maximum Gasteiger partial charge on any atom is 0.277 e. The van der Waals surface area contributed by atoms with E-state index < -0.39 is 0 Å². The minimum atomic E-state index is 0.214. The first-order valence-corrected chi connectivity index (χ1v) is 8.74. The van der Waals surface area contributed by atoms with E-state index in [1.165, 1.54) is 0 Å². The van der Waals surface area contributed by atoms with Gasteiger partial charge >= 0.3 is 0 Å². The predicted molar refractivity (Wildman–Crippen MR) is 102 cm³/mol. The van der Waals surface area contributed by atoms with Crippen molar-refractivity contribution in [1.82, 2.24) is 30.1 Å². The molecular weight excluding hydrogens is 340 g/mol. The Balaban J connectivity index is 1.61. The van der Waals surface area contributed by atoms with Crippen molar-refractivity contribution < 1.29 is 4.52 Å². The van der Waals surface area contributed by atoms with E-state index in [1.807, 2.05) is 53.2 Å². The zero-order valence-electron chi connectivity index (χ0n) is 14.9. The van der Waals surface area contributed by atoms with Gasteiger partial charge in [0.1, 0.15) is 11.2 Å². The summed E-state index contributed by atoms with van der Waals surface area (Å²) >= 11 is 0. The van der Waals surface area contributed by atoms with Crippen molar-refractivity contribution in [2.75, 3.05) is 0 Å². The van der Waals surface area contributed by atoms with Crippen LogP contribution in [-0.4, -0.2) is 30.1 Å². The normalized spacial score (nSPS) is 11.7. The highest BCUT2D eigenvalue weighted by molar-refractivity contribution is 5.92. The summed E-state index contributed by atoms with van der Waals surface area (Å²) in [4.78, 5) is 9.02. The lowest BCUT2D eigenvalue weighted by atomic mass is 10.1. The molecule has 0 bridgehead atoms. The molecule has 0 radical (unpaired) electrons. The van der Waals surface area contributed by atoms with E-state index in [1.54, 1.807) is 6.20 Å². The zero-order valence-corrected chi connectivity index (χ0v) is 14.9. The molecule has 0 saturated carbocycles. The van der Waals surface area contributed by atoms with Crippen LogP contribution in [0.15, 0.2) is 59.3 Å². The van der Waals surface area contributed by atoms with E-state index in [4.69, 9.17) is 4.52 Å². The zero-order chi connectivity index (χ0) is 18.4. The molecule has 0 atom stereocenters. The summed E-state index contributed by atoms with van der Waals surface area (Å²) in [6, 6.07) is 16.0. The SMILES string of the molecule is CC(C)n1nnc2ccc(-c3noc(-c4nccc5ccccc45)n3)cc21. The van der Waals surface area contributed by atoms with E-state index >= 15 is 0 Å². The van der Waals surface area contributed by atoms with E-state index in [-0.39, 0.29) is 6.04 Å². The second-order valence-electron chi connectivity index (χ2n) is 6.64. The fourth-order valence-electron chi connectivity index (χ4n) is 3.18. The molecule has 0 saturated heterocycles. The number of hydrogen-bond acceptors (Lipinski definition) is 6. The number of fused-ring (bicyclic) bond motifs is 2. The number of aromatic nitrogens is 6. The first-order valence-electron chi connectivity index (χ1n) is 8.74. The van der Waals surface area contributed by atoms with Crippen molar-refractivity contribution in [2.45, 2.75) is 19.9 Å². The summed E-state index contributed by atoms with van der Waals surface area (Å²) in [5.41, 5.74) is 3.31. The molecule has 0 spiro atoms. The van der Waals surface area contributed by atoms with Crippen molar-refractivity contribution >= 4 is 21.8 Å². The molecule has 5 aromatic rings. The van der Waals surface area contributed by atoms with Gasteiger partial charge in [-0.05, 0) is 43.5 Å². The lowest BCUT2D eigenvalue weighted by molar-refractivity contribution is 0.431. The molecule has 0 N–H and O–H groups in total. The van der Waals surface area contributed by atoms with E-state index in [9.17, 15) is 0 Å². The smallest absolute Gasteiger partial charge is 0.277 e. The molecule has 2 aromatic carbocycles. The molecule has 0 aliphatic heterocycles. The maximum absolute atomic E-state index is 5.52. The molecule has 132 valence electrons. The molecule has 0 unspecified atom stereocenters. The standard InChI is InChI=1S/C20H16N6O/c1-12(2)26-17-11-14(7-8-16(17)23-25-26)19-22-20(27-24-19)18-15-6-4-3-5-13(15)9-10-21-18/h3-12H,1-2H3. The molecule has 27 heavy (non-hydrogen) atoms. The number of pyridine rings is 1. The van der Waals surface area contributed by atoms with Gasteiger partial charge in [-0.2, -0.15) is 4.98 Å². The molecule has 0 fully saturated rings. The first kappa shape index (κ1) is 15.6. The Morgan fingerprint density at radius 3 is 2.81 bits per heavy atom. The maximum atomic E-state index is 5.52. The van der Waals surface area contributed by atoms with Gasteiger partial charge < -0.3 is 4.52 Å². The number of rotatable bonds is 3. The third-order valence-corrected chi connectivity index (χ3v) is 4.52. The second kappa shape index (κ2) is 5.98. The van der Waals surface area contributed by atoms with Crippen molar-refractivity contribution in [3.05, 3.63) is 54.7 Å². The quantitative estimate of drug-likeness (QED) is 0.480. The molecule has 0 amide bonds. The van der Waals surface area contributed by atoms with Gasteiger partial charge in [-0.3, -0.25) is 4.98 Å². The number of nitrogens with zero attached hydrogens (tertiary/aromatic N) is 6. The van der Waals surface area contributed by atoms with Crippen molar-refractivity contribution in [3.63, 3.8) is 0 Å². The molecule has 5 rings (SSSR count). The fourth-order valence-corrected chi connectivity index (χ4v) is 3.18. The van der Waals surface area contributed by atoms with Gasteiger partial charge in [0.25, 0.3) is 5.89 Å². The van der Waals surface area contributed by atoms with Crippen molar-refractivity contribution in [2.24, 2.45) is 0 Å². The van der Waals surface area contributed by atoms with Gasteiger partial charge in [0, 0.05) is 23.2 Å². The topological polar surface area (TPSA) is 82.5 Å². The fraction of sp³-hybridized carbons (Fsp3) is 0.150. The van der Waals surface area contributed by atoms with Crippen LogP contribution in [0.3, 0.4) is 0 Å². The summed E-state index contributed by atoms with van der Waals surface area (Å²) in [6.45, 7) is 4.14. The van der Waals surface area contributed by atoms with E-state index in [2.05, 4.69) is 39.3 Å². The Bertz CT molecular complexity index is 1260. The first-order chi connectivity index (χ1) is 13.2. The molecule has 7 nitrogen and oxygen atoms in total. The largest absolute Gasteiger partial charge is 0.332 e. The summed E-state index contributed by atoms with van der Waals surface area (Å²) in [5, 5.41) is 14.6. The van der Waals surface area contributed by atoms with Crippen LogP contribution in [0.25, 0.3) is 44.8 Å². The van der Waals surface area contributed by atoms with Gasteiger partial charge in [-0.1, -0.05) is 34.6 Å². The van der Waals surface area contributed by atoms with Crippen molar-refractivity contribution in [3.8, 4) is 23.0 Å². The van der Waals surface area contributed by atoms with Gasteiger partial charge in [0.2, 0.25) is 5.82 Å². The van der Waals surface area contributed by atoms with Crippen LogP contribution in [0.4, 0.5) is 0 Å². The summed E-state index contributed by atoms with van der Waals surface area (Å²) in [5.74, 6) is 0.913. The van der Waals surface area contributed by atoms with Gasteiger partial charge in [-0.25, -0.2) is 4.68 Å². The average Bonchev–Trinajstić information content (AvgIpc) is 3.34. The van der Waals surface area contributed by atoms with Crippen molar-refractivity contribution in [1.29, 1.82) is 0 Å². The molecule has 7 heteroatoms. The Morgan fingerprint density at radius 2 is 1.93 bits per heavy atom. The Labute approximate surface area is 154 Å². The molecule has 3 aromatic heterocycles. The molecule has 0 aliphatic rings. The van der Waals surface area contributed by atoms with Gasteiger partial charge in [0.15, 0.2) is 0 Å². The molecule has 3 heterocycles. The Kier molecular flexibility index (Phi) is 3.46. The van der Waals surface area contributed by atoms with E-state index in [0.717, 1.165) is 27.4 Å². The van der Waals surface area contributed by atoms with Gasteiger partial charge in [-0.15, -0.1) is 5.10 Å². The predicted octanol–water partition coefficient (Wildman–Crippen LogP) is 4.28. The third-order valence-electron chi connectivity index (χ3n) is 4.52. The van der Waals surface area contributed by atoms with E-state index in [0.29, 0.717) is 17.4 Å². The van der Waals surface area contributed by atoms with Crippen LogP contribution < -0.4 is 0 Å². The minimum Gasteiger partial charge on any atom is -0.332 e. The van der Waals surface area contributed by atoms with Crippen LogP contribution in [0.2, 0.25) is 0 Å². The highest BCUT2D eigenvalue weighted by Crippen LogP contribution is 2.28. The lowest BCUT2D eigenvalue weighted by Gasteiger charge is -2.05. The molecular formula is C20H16N6O.